The molecule has 1 N–H and O–H groups in total. The molecular weight excluding hydrogens is 231 g/mol. The molecule has 2 nitrogen and oxygen atoms in total. The lowest BCUT2D eigenvalue weighted by atomic mass is 10.0. The van der Waals surface area contributed by atoms with E-state index in [1.165, 1.54) is 12.3 Å². The van der Waals surface area contributed by atoms with Gasteiger partial charge in [0.05, 0.1) is 6.20 Å². The summed E-state index contributed by atoms with van der Waals surface area (Å²) in [7, 11) is 0. The minimum Gasteiger partial charge on any atom is -0.384 e. The van der Waals surface area contributed by atoms with Gasteiger partial charge in [0.1, 0.15) is 23.6 Å². The van der Waals surface area contributed by atoms with Gasteiger partial charge in [0.2, 0.25) is 0 Å². The Labute approximate surface area is 95.4 Å². The number of halogens is 3. The number of aromatic nitrogens is 1. The van der Waals surface area contributed by atoms with Crippen molar-refractivity contribution in [2.45, 2.75) is 6.10 Å². The highest BCUT2D eigenvalue weighted by atomic mass is 19.1. The zero-order chi connectivity index (χ0) is 12.4. The third-order valence-electron chi connectivity index (χ3n) is 2.30. The molecule has 0 amide bonds. The van der Waals surface area contributed by atoms with Gasteiger partial charge in [0.25, 0.3) is 0 Å². The van der Waals surface area contributed by atoms with Gasteiger partial charge in [-0.25, -0.2) is 13.2 Å². The summed E-state index contributed by atoms with van der Waals surface area (Å²) in [6.45, 7) is 0. The quantitative estimate of drug-likeness (QED) is 0.873. The van der Waals surface area contributed by atoms with E-state index in [2.05, 4.69) is 4.98 Å². The van der Waals surface area contributed by atoms with Gasteiger partial charge in [-0.1, -0.05) is 0 Å². The van der Waals surface area contributed by atoms with Crippen molar-refractivity contribution in [2.75, 3.05) is 0 Å². The number of pyridine rings is 1. The van der Waals surface area contributed by atoms with Crippen LogP contribution in [0.2, 0.25) is 0 Å². The Morgan fingerprint density at radius 3 is 2.29 bits per heavy atom. The molecule has 0 spiro atoms. The van der Waals surface area contributed by atoms with Crippen LogP contribution in [0.5, 0.6) is 0 Å². The first-order chi connectivity index (χ1) is 8.08. The van der Waals surface area contributed by atoms with Gasteiger partial charge in [-0.2, -0.15) is 0 Å². The van der Waals surface area contributed by atoms with Crippen LogP contribution in [0.1, 0.15) is 17.2 Å². The molecule has 0 fully saturated rings. The molecule has 17 heavy (non-hydrogen) atoms. The fourth-order valence-electron chi connectivity index (χ4n) is 1.52. The smallest absolute Gasteiger partial charge is 0.147 e. The molecular formula is C12H8F3NO. The van der Waals surface area contributed by atoms with Crippen molar-refractivity contribution in [1.82, 2.24) is 4.98 Å². The number of nitrogens with zero attached hydrogens (tertiary/aromatic N) is 1. The molecule has 0 aliphatic heterocycles. The Morgan fingerprint density at radius 2 is 1.71 bits per heavy atom. The first kappa shape index (κ1) is 11.6. The summed E-state index contributed by atoms with van der Waals surface area (Å²) in [6, 6.07) is 3.84. The Bertz CT molecular complexity index is 525. The van der Waals surface area contributed by atoms with Gasteiger partial charge in [0, 0.05) is 17.8 Å². The second-order valence-electron chi connectivity index (χ2n) is 3.50. The number of hydrogen-bond acceptors (Lipinski definition) is 2. The Morgan fingerprint density at radius 1 is 1.06 bits per heavy atom. The highest BCUT2D eigenvalue weighted by molar-refractivity contribution is 5.30. The minimum atomic E-state index is -1.43. The topological polar surface area (TPSA) is 33.1 Å². The third-order valence-corrected chi connectivity index (χ3v) is 2.30. The average molecular weight is 239 g/mol. The van der Waals surface area contributed by atoms with Crippen LogP contribution >= 0.6 is 0 Å². The SMILES string of the molecule is OC(c1cc(F)cc(F)c1)c1ccncc1F. The maximum Gasteiger partial charge on any atom is 0.147 e. The summed E-state index contributed by atoms with van der Waals surface area (Å²) >= 11 is 0. The number of aliphatic hydroxyl groups is 1. The largest absolute Gasteiger partial charge is 0.384 e. The van der Waals surface area contributed by atoms with Gasteiger partial charge >= 0.3 is 0 Å². The van der Waals surface area contributed by atoms with Crippen molar-refractivity contribution in [3.05, 3.63) is 65.2 Å². The van der Waals surface area contributed by atoms with Crippen molar-refractivity contribution in [3.63, 3.8) is 0 Å². The molecule has 1 heterocycles. The van der Waals surface area contributed by atoms with E-state index in [0.717, 1.165) is 18.3 Å². The van der Waals surface area contributed by atoms with Crippen LogP contribution in [0.15, 0.2) is 36.7 Å². The van der Waals surface area contributed by atoms with Crippen LogP contribution in [0.25, 0.3) is 0 Å². The van der Waals surface area contributed by atoms with Crippen LogP contribution in [0, 0.1) is 17.5 Å². The van der Waals surface area contributed by atoms with Crippen molar-refractivity contribution in [3.8, 4) is 0 Å². The molecule has 0 radical (unpaired) electrons. The summed E-state index contributed by atoms with van der Waals surface area (Å²) in [5, 5.41) is 9.82. The molecule has 0 saturated carbocycles. The zero-order valence-corrected chi connectivity index (χ0v) is 8.57. The van der Waals surface area contributed by atoms with Crippen LogP contribution in [0.3, 0.4) is 0 Å². The second-order valence-corrected chi connectivity index (χ2v) is 3.50. The summed E-state index contributed by atoms with van der Waals surface area (Å²) in [4.78, 5) is 3.52. The van der Waals surface area contributed by atoms with Crippen LogP contribution in [0.4, 0.5) is 13.2 Å². The lowest BCUT2D eigenvalue weighted by Gasteiger charge is -2.12. The van der Waals surface area contributed by atoms with Crippen molar-refractivity contribution in [1.29, 1.82) is 0 Å². The minimum absolute atomic E-state index is 0.0485. The maximum absolute atomic E-state index is 13.3. The van der Waals surface area contributed by atoms with E-state index in [1.807, 2.05) is 0 Å². The number of rotatable bonds is 2. The standard InChI is InChI=1S/C12H8F3NO/c13-8-3-7(4-9(14)5-8)12(17)10-1-2-16-6-11(10)15/h1-6,12,17H. The number of benzene rings is 1. The molecule has 0 bridgehead atoms. The van der Waals surface area contributed by atoms with E-state index >= 15 is 0 Å². The summed E-state index contributed by atoms with van der Waals surface area (Å²) in [6.07, 6.45) is 0.786. The molecule has 1 unspecified atom stereocenters. The highest BCUT2D eigenvalue weighted by Gasteiger charge is 2.16. The van der Waals surface area contributed by atoms with Crippen LogP contribution in [-0.4, -0.2) is 10.1 Å². The summed E-state index contributed by atoms with van der Waals surface area (Å²) < 4.78 is 39.2. The van der Waals surface area contributed by atoms with E-state index in [-0.39, 0.29) is 11.1 Å². The van der Waals surface area contributed by atoms with Crippen LogP contribution < -0.4 is 0 Å². The maximum atomic E-state index is 13.3. The summed E-state index contributed by atoms with van der Waals surface area (Å²) in [5.74, 6) is -2.38. The van der Waals surface area contributed by atoms with Crippen LogP contribution in [-0.2, 0) is 0 Å². The van der Waals surface area contributed by atoms with Gasteiger partial charge in [-0.15, -0.1) is 0 Å². The van der Waals surface area contributed by atoms with Crippen molar-refractivity contribution >= 4 is 0 Å². The van der Waals surface area contributed by atoms with E-state index in [1.54, 1.807) is 0 Å². The lowest BCUT2D eigenvalue weighted by Crippen LogP contribution is -2.04. The number of aliphatic hydroxyl groups excluding tert-OH is 1. The molecule has 1 aromatic heterocycles. The van der Waals surface area contributed by atoms with Gasteiger partial charge in [-0.3, -0.25) is 4.98 Å². The fourth-order valence-corrected chi connectivity index (χ4v) is 1.52. The molecule has 5 heteroatoms. The van der Waals surface area contributed by atoms with Crippen molar-refractivity contribution < 1.29 is 18.3 Å². The lowest BCUT2D eigenvalue weighted by molar-refractivity contribution is 0.213. The first-order valence-electron chi connectivity index (χ1n) is 4.81. The van der Waals surface area contributed by atoms with Gasteiger partial charge < -0.3 is 5.11 Å². The molecule has 2 rings (SSSR count). The highest BCUT2D eigenvalue weighted by Crippen LogP contribution is 2.24. The average Bonchev–Trinajstić information content (AvgIpc) is 2.27. The predicted octanol–water partition coefficient (Wildman–Crippen LogP) is 2.58. The third kappa shape index (κ3) is 2.45. The predicted molar refractivity (Wildman–Crippen MR) is 54.6 cm³/mol. The molecule has 2 aromatic rings. The Kier molecular flexibility index (Phi) is 3.10. The molecule has 0 aliphatic rings. The second kappa shape index (κ2) is 4.55. The monoisotopic (exact) mass is 239 g/mol. The van der Waals surface area contributed by atoms with E-state index in [9.17, 15) is 18.3 Å². The van der Waals surface area contributed by atoms with Gasteiger partial charge in [-0.05, 0) is 23.8 Å². The summed E-state index contributed by atoms with van der Waals surface area (Å²) in [5.41, 5.74) is -0.127. The zero-order valence-electron chi connectivity index (χ0n) is 8.57. The molecule has 1 aromatic carbocycles. The molecule has 1 atom stereocenters. The molecule has 0 aliphatic carbocycles. The van der Waals surface area contributed by atoms with Crippen molar-refractivity contribution in [2.24, 2.45) is 0 Å². The van der Waals surface area contributed by atoms with Gasteiger partial charge in [0.15, 0.2) is 0 Å². The van der Waals surface area contributed by atoms with E-state index in [0.29, 0.717) is 6.07 Å². The fraction of sp³-hybridized carbons (Fsp3) is 0.0833. The molecule has 0 saturated heterocycles. The van der Waals surface area contributed by atoms with E-state index in [4.69, 9.17) is 0 Å². The molecule has 88 valence electrons. The Balaban J connectivity index is 2.43. The normalized spacial score (nSPS) is 12.5. The first-order valence-corrected chi connectivity index (χ1v) is 4.81. The Hall–Kier alpha value is -1.88. The van der Waals surface area contributed by atoms with E-state index < -0.39 is 23.6 Å². The number of hydrogen-bond donors (Lipinski definition) is 1.